The van der Waals surface area contributed by atoms with E-state index in [1.54, 1.807) is 21.8 Å². The zero-order valence-corrected chi connectivity index (χ0v) is 13.3. The summed E-state index contributed by atoms with van der Waals surface area (Å²) in [5.74, 6) is 1.28. The maximum absolute atomic E-state index is 6.31. The smallest absolute Gasteiger partial charge is 0.181 e. The van der Waals surface area contributed by atoms with Crippen LogP contribution in [-0.2, 0) is 11.8 Å². The molecule has 0 aliphatic carbocycles. The molecule has 124 valence electrons. The van der Waals surface area contributed by atoms with Crippen LogP contribution < -0.4 is 10.6 Å². The zero-order valence-electron chi connectivity index (χ0n) is 13.3. The zero-order chi connectivity index (χ0) is 16.5. The van der Waals surface area contributed by atoms with Crippen molar-refractivity contribution in [3.05, 3.63) is 42.7 Å². The standard InChI is InChI=1S/C15H18N8O/c1-21-8-11(7-20-21)12-9-22(5-6-24-12)14-13(16)15(18-10-17-14)23-4-2-3-19-23/h2-4,7-8,10,12H,5-6,9,16H2,1H3. The third kappa shape index (κ3) is 2.58. The van der Waals surface area contributed by atoms with E-state index in [0.29, 0.717) is 30.5 Å². The third-order valence-electron chi connectivity index (χ3n) is 4.03. The fourth-order valence-electron chi connectivity index (χ4n) is 2.86. The van der Waals surface area contributed by atoms with Gasteiger partial charge in [-0.3, -0.25) is 4.68 Å². The highest BCUT2D eigenvalue weighted by Gasteiger charge is 2.26. The van der Waals surface area contributed by atoms with E-state index < -0.39 is 0 Å². The van der Waals surface area contributed by atoms with Crippen LogP contribution in [-0.4, -0.2) is 49.2 Å². The second-order valence-electron chi connectivity index (χ2n) is 5.64. The average Bonchev–Trinajstić information content (AvgIpc) is 3.27. The number of nitrogens with two attached hydrogens (primary N) is 1. The van der Waals surface area contributed by atoms with Crippen LogP contribution in [0.2, 0.25) is 0 Å². The summed E-state index contributed by atoms with van der Waals surface area (Å²) < 4.78 is 9.28. The molecule has 1 atom stereocenters. The second kappa shape index (κ2) is 5.93. The highest BCUT2D eigenvalue weighted by Crippen LogP contribution is 2.29. The molecule has 3 aromatic rings. The number of hydrogen-bond donors (Lipinski definition) is 1. The van der Waals surface area contributed by atoms with Gasteiger partial charge in [0.1, 0.15) is 18.1 Å². The van der Waals surface area contributed by atoms with Gasteiger partial charge in [-0.2, -0.15) is 10.2 Å². The fourth-order valence-corrected chi connectivity index (χ4v) is 2.86. The van der Waals surface area contributed by atoms with Gasteiger partial charge in [0.25, 0.3) is 0 Å². The maximum atomic E-state index is 6.31. The first-order valence-corrected chi connectivity index (χ1v) is 7.68. The van der Waals surface area contributed by atoms with E-state index in [1.165, 1.54) is 6.33 Å². The minimum atomic E-state index is -0.0602. The quantitative estimate of drug-likeness (QED) is 0.750. The predicted molar refractivity (Wildman–Crippen MR) is 87.7 cm³/mol. The number of ether oxygens (including phenoxy) is 1. The topological polar surface area (TPSA) is 99.9 Å². The van der Waals surface area contributed by atoms with E-state index in [0.717, 1.165) is 12.1 Å². The normalized spacial score (nSPS) is 18.0. The van der Waals surface area contributed by atoms with Crippen molar-refractivity contribution in [3.8, 4) is 5.82 Å². The summed E-state index contributed by atoms with van der Waals surface area (Å²) in [6.07, 6.45) is 8.74. The molecule has 1 unspecified atom stereocenters. The van der Waals surface area contributed by atoms with Crippen molar-refractivity contribution < 1.29 is 4.74 Å². The number of hydrogen-bond acceptors (Lipinski definition) is 7. The van der Waals surface area contributed by atoms with Gasteiger partial charge in [-0.25, -0.2) is 14.6 Å². The van der Waals surface area contributed by atoms with Crippen LogP contribution in [0, 0.1) is 0 Å². The van der Waals surface area contributed by atoms with Crippen molar-refractivity contribution in [1.82, 2.24) is 29.5 Å². The average molecular weight is 326 g/mol. The van der Waals surface area contributed by atoms with Crippen molar-refractivity contribution in [2.75, 3.05) is 30.3 Å². The Bertz CT molecular complexity index is 828. The SMILES string of the molecule is Cn1cc(C2CN(c3ncnc(-n4cccn4)c3N)CCO2)cn1. The van der Waals surface area contributed by atoms with Gasteiger partial charge in [-0.15, -0.1) is 0 Å². The second-order valence-corrected chi connectivity index (χ2v) is 5.64. The molecule has 4 rings (SSSR count). The Balaban J connectivity index is 1.62. The fraction of sp³-hybridized carbons (Fsp3) is 0.333. The van der Waals surface area contributed by atoms with Gasteiger partial charge in [0.2, 0.25) is 0 Å². The highest BCUT2D eigenvalue weighted by atomic mass is 16.5. The van der Waals surface area contributed by atoms with Crippen LogP contribution in [0.25, 0.3) is 5.82 Å². The summed E-state index contributed by atoms with van der Waals surface area (Å²) in [7, 11) is 1.89. The van der Waals surface area contributed by atoms with Crippen molar-refractivity contribution in [3.63, 3.8) is 0 Å². The number of rotatable bonds is 3. The highest BCUT2D eigenvalue weighted by molar-refractivity contribution is 5.70. The number of morpholine rings is 1. The summed E-state index contributed by atoms with van der Waals surface area (Å²) in [4.78, 5) is 10.7. The molecule has 0 bridgehead atoms. The molecule has 1 aliphatic rings. The number of aromatic nitrogens is 6. The summed E-state index contributed by atoms with van der Waals surface area (Å²) in [5, 5.41) is 8.40. The van der Waals surface area contributed by atoms with Gasteiger partial charge in [0.05, 0.1) is 19.3 Å². The van der Waals surface area contributed by atoms with E-state index in [4.69, 9.17) is 10.5 Å². The monoisotopic (exact) mass is 326 g/mol. The first-order chi connectivity index (χ1) is 11.7. The molecule has 3 aromatic heterocycles. The first-order valence-electron chi connectivity index (χ1n) is 7.68. The summed E-state index contributed by atoms with van der Waals surface area (Å²) in [6.45, 7) is 1.97. The van der Waals surface area contributed by atoms with Crippen LogP contribution in [0.5, 0.6) is 0 Å². The van der Waals surface area contributed by atoms with Crippen molar-refractivity contribution in [2.24, 2.45) is 7.05 Å². The largest absolute Gasteiger partial charge is 0.393 e. The van der Waals surface area contributed by atoms with E-state index in [2.05, 4.69) is 25.1 Å². The molecule has 4 heterocycles. The van der Waals surface area contributed by atoms with Crippen LogP contribution in [0.4, 0.5) is 11.5 Å². The van der Waals surface area contributed by atoms with Gasteiger partial charge >= 0.3 is 0 Å². The Labute approximate surface area is 138 Å². The molecule has 1 aliphatic heterocycles. The Morgan fingerprint density at radius 3 is 2.88 bits per heavy atom. The molecule has 0 radical (unpaired) electrons. The lowest BCUT2D eigenvalue weighted by Crippen LogP contribution is -2.39. The lowest BCUT2D eigenvalue weighted by molar-refractivity contribution is 0.0395. The minimum absolute atomic E-state index is 0.0602. The molecule has 0 amide bonds. The Hall–Kier alpha value is -2.94. The number of nitrogen functional groups attached to an aromatic ring is 1. The third-order valence-corrected chi connectivity index (χ3v) is 4.03. The molecule has 0 aromatic carbocycles. The molecule has 0 saturated carbocycles. The summed E-state index contributed by atoms with van der Waals surface area (Å²) >= 11 is 0. The minimum Gasteiger partial charge on any atom is -0.393 e. The van der Waals surface area contributed by atoms with E-state index in [1.807, 2.05) is 25.5 Å². The molecule has 0 spiro atoms. The van der Waals surface area contributed by atoms with E-state index in [-0.39, 0.29) is 6.10 Å². The maximum Gasteiger partial charge on any atom is 0.181 e. The molecule has 9 nitrogen and oxygen atoms in total. The molecule has 24 heavy (non-hydrogen) atoms. The van der Waals surface area contributed by atoms with Crippen molar-refractivity contribution in [2.45, 2.75) is 6.10 Å². The van der Waals surface area contributed by atoms with Crippen LogP contribution in [0.3, 0.4) is 0 Å². The lowest BCUT2D eigenvalue weighted by Gasteiger charge is -2.34. The lowest BCUT2D eigenvalue weighted by atomic mass is 10.1. The molecule has 1 saturated heterocycles. The van der Waals surface area contributed by atoms with Gasteiger partial charge < -0.3 is 15.4 Å². The summed E-state index contributed by atoms with van der Waals surface area (Å²) in [6, 6.07) is 1.83. The van der Waals surface area contributed by atoms with E-state index in [9.17, 15) is 0 Å². The van der Waals surface area contributed by atoms with Crippen molar-refractivity contribution in [1.29, 1.82) is 0 Å². The van der Waals surface area contributed by atoms with E-state index >= 15 is 0 Å². The molecule has 9 heteroatoms. The number of anilines is 2. The Morgan fingerprint density at radius 2 is 2.12 bits per heavy atom. The van der Waals surface area contributed by atoms with Crippen LogP contribution >= 0.6 is 0 Å². The van der Waals surface area contributed by atoms with Crippen LogP contribution in [0.15, 0.2) is 37.2 Å². The number of aryl methyl sites for hydroxylation is 1. The predicted octanol–water partition coefficient (Wildman–Crippen LogP) is 0.556. The van der Waals surface area contributed by atoms with Gasteiger partial charge in [-0.05, 0) is 6.07 Å². The Kier molecular flexibility index (Phi) is 3.62. The molecular formula is C15H18N8O. The molecular weight excluding hydrogens is 308 g/mol. The molecule has 1 fully saturated rings. The van der Waals surface area contributed by atoms with Crippen LogP contribution in [0.1, 0.15) is 11.7 Å². The van der Waals surface area contributed by atoms with Gasteiger partial charge in [0.15, 0.2) is 11.6 Å². The molecule has 2 N–H and O–H groups in total. The van der Waals surface area contributed by atoms with Gasteiger partial charge in [0, 0.05) is 37.7 Å². The summed E-state index contributed by atoms with van der Waals surface area (Å²) in [5.41, 5.74) is 7.86. The van der Waals surface area contributed by atoms with Gasteiger partial charge in [-0.1, -0.05) is 0 Å². The number of nitrogens with zero attached hydrogens (tertiary/aromatic N) is 7. The first kappa shape index (κ1) is 14.6. The Morgan fingerprint density at radius 1 is 1.25 bits per heavy atom. The van der Waals surface area contributed by atoms with Crippen molar-refractivity contribution >= 4 is 11.5 Å².